The molecule has 2 aromatic rings. The number of pyridine rings is 1. The highest BCUT2D eigenvalue weighted by molar-refractivity contribution is 6.31. The Morgan fingerprint density at radius 3 is 2.42 bits per heavy atom. The normalized spacial score (nSPS) is 16.0. The van der Waals surface area contributed by atoms with Crippen molar-refractivity contribution in [2.45, 2.75) is 31.6 Å². The van der Waals surface area contributed by atoms with Crippen LogP contribution in [0.3, 0.4) is 0 Å². The van der Waals surface area contributed by atoms with Gasteiger partial charge in [-0.15, -0.1) is 0 Å². The minimum absolute atomic E-state index is 0.143. The van der Waals surface area contributed by atoms with Gasteiger partial charge in [0.05, 0.1) is 5.56 Å². The van der Waals surface area contributed by atoms with Gasteiger partial charge in [0.1, 0.15) is 16.5 Å². The maximum atomic E-state index is 14.8. The van der Waals surface area contributed by atoms with Gasteiger partial charge in [-0.1, -0.05) is 11.6 Å². The van der Waals surface area contributed by atoms with Gasteiger partial charge in [-0.2, -0.15) is 0 Å². The molecule has 1 aromatic heterocycles. The van der Waals surface area contributed by atoms with E-state index in [1.165, 1.54) is 0 Å². The van der Waals surface area contributed by atoms with E-state index in [-0.39, 0.29) is 24.1 Å². The zero-order valence-corrected chi connectivity index (χ0v) is 14.6. The number of halogens is 6. The first-order valence-electron chi connectivity index (χ1n) is 8.07. The number of alkyl halides is 2. The molecule has 1 aliphatic carbocycles. The number of nitrogens with two attached hydrogens (primary N) is 1. The molecule has 2 N–H and O–H groups in total. The third-order valence-corrected chi connectivity index (χ3v) is 4.91. The summed E-state index contributed by atoms with van der Waals surface area (Å²) in [5.74, 6) is -7.34. The molecule has 1 saturated carbocycles. The summed E-state index contributed by atoms with van der Waals surface area (Å²) in [6.07, 6.45) is 1.73. The fourth-order valence-corrected chi connectivity index (χ4v) is 3.16. The van der Waals surface area contributed by atoms with Gasteiger partial charge < -0.3 is 5.73 Å². The molecule has 1 fully saturated rings. The van der Waals surface area contributed by atoms with E-state index in [2.05, 4.69) is 4.98 Å². The Bertz CT molecular complexity index is 846. The second-order valence-corrected chi connectivity index (χ2v) is 6.93. The molecular formula is C18H16ClF5N2. The predicted molar refractivity (Wildman–Crippen MR) is 88.6 cm³/mol. The third kappa shape index (κ3) is 3.42. The fourth-order valence-electron chi connectivity index (χ4n) is 3.00. The molecule has 140 valence electrons. The number of hydrogen-bond acceptors (Lipinski definition) is 2. The van der Waals surface area contributed by atoms with E-state index in [0.29, 0.717) is 6.92 Å². The average molecular weight is 391 g/mol. The Hall–Kier alpha value is -1.73. The average Bonchev–Trinajstić information content (AvgIpc) is 3.39. The highest BCUT2D eigenvalue weighted by Crippen LogP contribution is 2.44. The molecule has 1 heterocycles. The maximum Gasteiger partial charge on any atom is 0.273 e. The highest BCUT2D eigenvalue weighted by Gasteiger charge is 2.37. The Balaban J connectivity index is 2.26. The van der Waals surface area contributed by atoms with Crippen LogP contribution in [0.4, 0.5) is 22.0 Å². The van der Waals surface area contributed by atoms with Crippen LogP contribution in [0.5, 0.6) is 0 Å². The molecule has 1 aliphatic rings. The van der Waals surface area contributed by atoms with Crippen LogP contribution >= 0.6 is 11.6 Å². The van der Waals surface area contributed by atoms with Crippen LogP contribution in [0.15, 0.2) is 18.2 Å². The molecule has 0 spiro atoms. The summed E-state index contributed by atoms with van der Waals surface area (Å²) in [4.78, 5) is 4.07. The number of benzene rings is 1. The SMILES string of the molecule is CC(F)(F)c1cc(C(CN)C2CC2)nc(-c2ccc(F)c(Cl)c2F)c1F. The molecule has 0 saturated heterocycles. The Labute approximate surface area is 152 Å². The van der Waals surface area contributed by atoms with Crippen LogP contribution in [-0.2, 0) is 5.92 Å². The van der Waals surface area contributed by atoms with Crippen molar-refractivity contribution >= 4 is 11.6 Å². The van der Waals surface area contributed by atoms with E-state index < -0.39 is 45.2 Å². The standard InChI is InChI=1S/C18H16ClF5N2/c1-18(23,24)11-6-13(10(7-25)8-2-3-8)26-17(16(11)22)9-4-5-12(20)14(19)15(9)21/h4-6,8,10H,2-3,7,25H2,1H3. The van der Waals surface area contributed by atoms with Crippen molar-refractivity contribution in [1.82, 2.24) is 4.98 Å². The van der Waals surface area contributed by atoms with Crippen molar-refractivity contribution in [3.05, 3.63) is 51.9 Å². The summed E-state index contributed by atoms with van der Waals surface area (Å²) in [5, 5.41) is -0.850. The Morgan fingerprint density at radius 2 is 1.88 bits per heavy atom. The largest absolute Gasteiger partial charge is 0.330 e. The number of aromatic nitrogens is 1. The third-order valence-electron chi connectivity index (χ3n) is 4.57. The zero-order chi connectivity index (χ0) is 19.2. The lowest BCUT2D eigenvalue weighted by Gasteiger charge is -2.20. The van der Waals surface area contributed by atoms with Gasteiger partial charge in [0.25, 0.3) is 5.92 Å². The lowest BCUT2D eigenvalue weighted by molar-refractivity contribution is 0.0136. The molecule has 1 aromatic carbocycles. The van der Waals surface area contributed by atoms with Crippen molar-refractivity contribution in [3.8, 4) is 11.3 Å². The predicted octanol–water partition coefficient (Wildman–Crippen LogP) is 5.38. The second-order valence-electron chi connectivity index (χ2n) is 6.55. The summed E-state index contributed by atoms with van der Waals surface area (Å²) in [6.45, 7) is 0.686. The quantitative estimate of drug-likeness (QED) is 0.549. The van der Waals surface area contributed by atoms with E-state index in [9.17, 15) is 22.0 Å². The fraction of sp³-hybridized carbons (Fsp3) is 0.389. The van der Waals surface area contributed by atoms with E-state index in [1.54, 1.807) is 0 Å². The lowest BCUT2D eigenvalue weighted by Crippen LogP contribution is -2.19. The van der Waals surface area contributed by atoms with Crippen molar-refractivity contribution in [2.75, 3.05) is 6.54 Å². The summed E-state index contributed by atoms with van der Waals surface area (Å²) in [7, 11) is 0. The first kappa shape index (κ1) is 19.0. The molecule has 26 heavy (non-hydrogen) atoms. The van der Waals surface area contributed by atoms with Crippen molar-refractivity contribution in [3.63, 3.8) is 0 Å². The topological polar surface area (TPSA) is 38.9 Å². The van der Waals surface area contributed by atoms with E-state index in [1.807, 2.05) is 0 Å². The molecule has 8 heteroatoms. The number of nitrogens with zero attached hydrogens (tertiary/aromatic N) is 1. The van der Waals surface area contributed by atoms with Gasteiger partial charge in [-0.25, -0.2) is 26.9 Å². The van der Waals surface area contributed by atoms with Crippen LogP contribution in [0.25, 0.3) is 11.3 Å². The molecular weight excluding hydrogens is 375 g/mol. The molecule has 0 bridgehead atoms. The minimum atomic E-state index is -3.51. The van der Waals surface area contributed by atoms with E-state index in [4.69, 9.17) is 17.3 Å². The van der Waals surface area contributed by atoms with Gasteiger partial charge >= 0.3 is 0 Å². The molecule has 0 amide bonds. The molecule has 1 unspecified atom stereocenters. The summed E-state index contributed by atoms with van der Waals surface area (Å²) in [5.41, 5.74) is 3.90. The summed E-state index contributed by atoms with van der Waals surface area (Å²) < 4.78 is 70.4. The monoisotopic (exact) mass is 390 g/mol. The summed E-state index contributed by atoms with van der Waals surface area (Å²) >= 11 is 5.54. The van der Waals surface area contributed by atoms with E-state index >= 15 is 0 Å². The van der Waals surface area contributed by atoms with Crippen LogP contribution in [0, 0.1) is 23.4 Å². The number of hydrogen-bond donors (Lipinski definition) is 1. The zero-order valence-electron chi connectivity index (χ0n) is 13.8. The van der Waals surface area contributed by atoms with Crippen LogP contribution in [-0.4, -0.2) is 11.5 Å². The van der Waals surface area contributed by atoms with Crippen molar-refractivity contribution in [2.24, 2.45) is 11.7 Å². The Kier molecular flexibility index (Phi) is 4.96. The second kappa shape index (κ2) is 6.78. The van der Waals surface area contributed by atoms with Crippen molar-refractivity contribution < 1.29 is 22.0 Å². The molecule has 0 radical (unpaired) electrons. The highest BCUT2D eigenvalue weighted by atomic mass is 35.5. The van der Waals surface area contributed by atoms with Gasteiger partial charge in [0, 0.05) is 30.6 Å². The number of rotatable bonds is 5. The summed E-state index contributed by atoms with van der Waals surface area (Å²) in [6, 6.07) is 2.75. The first-order chi connectivity index (χ1) is 12.1. The molecule has 0 aliphatic heterocycles. The molecule has 1 atom stereocenters. The Morgan fingerprint density at radius 1 is 1.23 bits per heavy atom. The maximum absolute atomic E-state index is 14.8. The van der Waals surface area contributed by atoms with Gasteiger partial charge in [-0.05, 0) is 37.0 Å². The smallest absolute Gasteiger partial charge is 0.273 e. The van der Waals surface area contributed by atoms with Crippen LogP contribution in [0.1, 0.15) is 36.9 Å². The lowest BCUT2D eigenvalue weighted by atomic mass is 9.94. The van der Waals surface area contributed by atoms with Gasteiger partial charge in [-0.3, -0.25) is 0 Å². The molecule has 2 nitrogen and oxygen atoms in total. The van der Waals surface area contributed by atoms with Gasteiger partial charge in [0.2, 0.25) is 0 Å². The van der Waals surface area contributed by atoms with Crippen LogP contribution < -0.4 is 5.73 Å². The van der Waals surface area contributed by atoms with E-state index in [0.717, 1.165) is 31.0 Å². The first-order valence-corrected chi connectivity index (χ1v) is 8.45. The van der Waals surface area contributed by atoms with Gasteiger partial charge in [0.15, 0.2) is 11.6 Å². The minimum Gasteiger partial charge on any atom is -0.330 e. The van der Waals surface area contributed by atoms with Crippen molar-refractivity contribution in [1.29, 1.82) is 0 Å². The molecule has 3 rings (SSSR count). The van der Waals surface area contributed by atoms with Crippen LogP contribution in [0.2, 0.25) is 5.02 Å².